The summed E-state index contributed by atoms with van der Waals surface area (Å²) in [4.78, 5) is 31.8. The van der Waals surface area contributed by atoms with E-state index in [0.29, 0.717) is 6.54 Å². The average Bonchev–Trinajstić information content (AvgIpc) is 2.63. The van der Waals surface area contributed by atoms with E-state index in [9.17, 15) is 14.4 Å². The molecule has 0 bridgehead atoms. The Morgan fingerprint density at radius 2 is 2.00 bits per heavy atom. The second-order valence-electron chi connectivity index (χ2n) is 3.45. The molecule has 0 radical (unpaired) electrons. The molecule has 1 aliphatic rings. The van der Waals surface area contributed by atoms with E-state index in [-0.39, 0.29) is 12.5 Å². The molecule has 1 fully saturated rings. The maximum Gasteiger partial charge on any atom is 0.323 e. The van der Waals surface area contributed by atoms with Gasteiger partial charge in [0, 0.05) is 12.6 Å². The number of carboxylic acids is 2. The molecule has 0 spiro atoms. The predicted molar refractivity (Wildman–Crippen MR) is 52.0 cm³/mol. The van der Waals surface area contributed by atoms with E-state index < -0.39 is 30.6 Å². The number of carbonyl (C=O) groups is 3. The standard InChI is InChI=1S/C8H13N3O5/c12-6(13)3-10-8(16)11-4-1-5(7(14)15)9-2-4/h4-5,9H,1-3H2,(H,12,13)(H,14,15)(H2,10,11,16)/t4-,5+/m1/s1. The Kier molecular flexibility index (Phi) is 4.06. The molecule has 1 rings (SSSR count). The Balaban J connectivity index is 2.26. The highest BCUT2D eigenvalue weighted by atomic mass is 16.4. The highest BCUT2D eigenvalue weighted by Gasteiger charge is 2.29. The lowest BCUT2D eigenvalue weighted by atomic mass is 10.2. The first-order chi connectivity index (χ1) is 7.49. The molecule has 8 nitrogen and oxygen atoms in total. The summed E-state index contributed by atoms with van der Waals surface area (Å²) in [6.45, 7) is -0.105. The van der Waals surface area contributed by atoms with Gasteiger partial charge in [0.25, 0.3) is 0 Å². The molecule has 5 N–H and O–H groups in total. The van der Waals surface area contributed by atoms with Gasteiger partial charge in [-0.1, -0.05) is 0 Å². The van der Waals surface area contributed by atoms with Crippen molar-refractivity contribution in [2.45, 2.75) is 18.5 Å². The maximum atomic E-state index is 11.1. The van der Waals surface area contributed by atoms with E-state index in [0.717, 1.165) is 0 Å². The van der Waals surface area contributed by atoms with Crippen LogP contribution in [-0.4, -0.2) is 53.4 Å². The smallest absolute Gasteiger partial charge is 0.323 e. The minimum absolute atomic E-state index is 0.288. The number of nitrogens with one attached hydrogen (secondary N) is 3. The fraction of sp³-hybridized carbons (Fsp3) is 0.625. The van der Waals surface area contributed by atoms with Gasteiger partial charge in [-0.05, 0) is 6.42 Å². The Labute approximate surface area is 91.0 Å². The SMILES string of the molecule is O=C(O)CNC(=O)N[C@H]1CN[C@H](C(=O)O)C1. The van der Waals surface area contributed by atoms with Crippen LogP contribution in [0.3, 0.4) is 0 Å². The van der Waals surface area contributed by atoms with Crippen molar-refractivity contribution in [1.29, 1.82) is 0 Å². The van der Waals surface area contributed by atoms with Crippen molar-refractivity contribution in [2.75, 3.05) is 13.1 Å². The van der Waals surface area contributed by atoms with Crippen LogP contribution in [0.1, 0.15) is 6.42 Å². The van der Waals surface area contributed by atoms with Crippen molar-refractivity contribution in [2.24, 2.45) is 0 Å². The zero-order valence-electron chi connectivity index (χ0n) is 8.40. The van der Waals surface area contributed by atoms with Crippen LogP contribution in [-0.2, 0) is 9.59 Å². The van der Waals surface area contributed by atoms with Gasteiger partial charge in [-0.15, -0.1) is 0 Å². The summed E-state index contributed by atoms with van der Waals surface area (Å²) in [6, 6.07) is -1.57. The summed E-state index contributed by atoms with van der Waals surface area (Å²) in [5, 5.41) is 24.3. The third kappa shape index (κ3) is 3.73. The number of amides is 2. The average molecular weight is 231 g/mol. The molecule has 1 saturated heterocycles. The Morgan fingerprint density at radius 1 is 1.31 bits per heavy atom. The molecule has 0 aromatic heterocycles. The molecule has 8 heteroatoms. The van der Waals surface area contributed by atoms with Crippen LogP contribution < -0.4 is 16.0 Å². The second-order valence-corrected chi connectivity index (χ2v) is 3.45. The summed E-state index contributed by atoms with van der Waals surface area (Å²) in [6.07, 6.45) is 0.288. The molecule has 0 aromatic rings. The van der Waals surface area contributed by atoms with Crippen molar-refractivity contribution < 1.29 is 24.6 Å². The van der Waals surface area contributed by atoms with E-state index in [2.05, 4.69) is 16.0 Å². The van der Waals surface area contributed by atoms with Crippen molar-refractivity contribution >= 4 is 18.0 Å². The highest BCUT2D eigenvalue weighted by molar-refractivity contribution is 5.80. The van der Waals surface area contributed by atoms with Crippen LogP contribution in [0, 0.1) is 0 Å². The Hall–Kier alpha value is -1.83. The highest BCUT2D eigenvalue weighted by Crippen LogP contribution is 2.06. The fourth-order valence-electron chi connectivity index (χ4n) is 1.43. The third-order valence-electron chi connectivity index (χ3n) is 2.16. The molecule has 0 unspecified atom stereocenters. The van der Waals surface area contributed by atoms with Gasteiger partial charge >= 0.3 is 18.0 Å². The molecule has 1 aliphatic heterocycles. The summed E-state index contributed by atoms with van der Waals surface area (Å²) < 4.78 is 0. The summed E-state index contributed by atoms with van der Waals surface area (Å²) >= 11 is 0. The number of hydrogen-bond acceptors (Lipinski definition) is 4. The number of hydrogen-bond donors (Lipinski definition) is 5. The number of carboxylic acid groups (broad SMARTS) is 2. The maximum absolute atomic E-state index is 11.1. The quantitative estimate of drug-likeness (QED) is 0.388. The molecular formula is C8H13N3O5. The van der Waals surface area contributed by atoms with Gasteiger partial charge in [-0.25, -0.2) is 4.79 Å². The van der Waals surface area contributed by atoms with Crippen LogP contribution in [0.4, 0.5) is 4.79 Å². The lowest BCUT2D eigenvalue weighted by molar-refractivity contribution is -0.139. The number of rotatable bonds is 4. The minimum atomic E-state index is -1.14. The van der Waals surface area contributed by atoms with Crippen molar-refractivity contribution in [3.8, 4) is 0 Å². The zero-order valence-corrected chi connectivity index (χ0v) is 8.40. The van der Waals surface area contributed by atoms with E-state index in [1.54, 1.807) is 0 Å². The normalized spacial score (nSPS) is 23.8. The molecule has 2 atom stereocenters. The molecule has 1 heterocycles. The lowest BCUT2D eigenvalue weighted by Crippen LogP contribution is -2.44. The summed E-state index contributed by atoms with van der Waals surface area (Å²) in [5.41, 5.74) is 0. The van der Waals surface area contributed by atoms with Crippen LogP contribution in [0.2, 0.25) is 0 Å². The number of carbonyl (C=O) groups excluding carboxylic acids is 1. The topological polar surface area (TPSA) is 128 Å². The Bertz CT molecular complexity index is 306. The van der Waals surface area contributed by atoms with Crippen LogP contribution in [0.5, 0.6) is 0 Å². The molecule has 2 amide bonds. The van der Waals surface area contributed by atoms with E-state index in [1.807, 2.05) is 0 Å². The number of urea groups is 1. The first-order valence-electron chi connectivity index (χ1n) is 4.71. The zero-order chi connectivity index (χ0) is 12.1. The van der Waals surface area contributed by atoms with Gasteiger partial charge in [-0.3, -0.25) is 9.59 Å². The van der Waals surface area contributed by atoms with E-state index >= 15 is 0 Å². The Morgan fingerprint density at radius 3 is 2.50 bits per heavy atom. The van der Waals surface area contributed by atoms with Gasteiger partial charge in [0.05, 0.1) is 0 Å². The van der Waals surface area contributed by atoms with Crippen LogP contribution >= 0.6 is 0 Å². The van der Waals surface area contributed by atoms with E-state index in [4.69, 9.17) is 10.2 Å². The first kappa shape index (κ1) is 12.2. The van der Waals surface area contributed by atoms with Crippen LogP contribution in [0.25, 0.3) is 0 Å². The minimum Gasteiger partial charge on any atom is -0.480 e. The van der Waals surface area contributed by atoms with Crippen molar-refractivity contribution in [3.63, 3.8) is 0 Å². The first-order valence-corrected chi connectivity index (χ1v) is 4.71. The van der Waals surface area contributed by atoms with Gasteiger partial charge in [0.2, 0.25) is 0 Å². The van der Waals surface area contributed by atoms with Crippen LogP contribution in [0.15, 0.2) is 0 Å². The molecule has 0 aromatic carbocycles. The van der Waals surface area contributed by atoms with Gasteiger partial charge < -0.3 is 26.2 Å². The fourth-order valence-corrected chi connectivity index (χ4v) is 1.43. The van der Waals surface area contributed by atoms with Gasteiger partial charge in [0.15, 0.2) is 0 Å². The predicted octanol–water partition coefficient (Wildman–Crippen LogP) is -1.81. The lowest BCUT2D eigenvalue weighted by Gasteiger charge is -2.11. The van der Waals surface area contributed by atoms with E-state index in [1.165, 1.54) is 0 Å². The summed E-state index contributed by atoms with van der Waals surface area (Å²) in [7, 11) is 0. The van der Waals surface area contributed by atoms with Crippen molar-refractivity contribution in [1.82, 2.24) is 16.0 Å². The second kappa shape index (κ2) is 5.31. The van der Waals surface area contributed by atoms with Crippen molar-refractivity contribution in [3.05, 3.63) is 0 Å². The van der Waals surface area contributed by atoms with Gasteiger partial charge in [-0.2, -0.15) is 0 Å². The summed E-state index contributed by atoms with van der Waals surface area (Å²) in [5.74, 6) is -2.10. The molecule has 16 heavy (non-hydrogen) atoms. The number of aliphatic carboxylic acids is 2. The third-order valence-corrected chi connectivity index (χ3v) is 2.16. The van der Waals surface area contributed by atoms with Gasteiger partial charge in [0.1, 0.15) is 12.6 Å². The molecule has 0 aliphatic carbocycles. The molecule has 90 valence electrons. The molecule has 0 saturated carbocycles. The molecular weight excluding hydrogens is 218 g/mol. The largest absolute Gasteiger partial charge is 0.480 e. The monoisotopic (exact) mass is 231 g/mol.